The molecule has 0 aromatic heterocycles. The summed E-state index contributed by atoms with van der Waals surface area (Å²) in [5.41, 5.74) is 0.813. The minimum absolute atomic E-state index is 0.359. The van der Waals surface area contributed by atoms with E-state index < -0.39 is 5.97 Å². The zero-order valence-electron chi connectivity index (χ0n) is 10.9. The first kappa shape index (κ1) is 17.8. The maximum Gasteiger partial charge on any atom is 0.330 e. The maximum absolute atomic E-state index is 10.4. The topological polar surface area (TPSA) is 66.8 Å². The average Bonchev–Trinajstić information content (AvgIpc) is 2.15. The molecule has 98 valence electrons. The highest BCUT2D eigenvalue weighted by Crippen LogP contribution is 1.85. The molecule has 5 heteroatoms. The summed E-state index contributed by atoms with van der Waals surface area (Å²) in [6, 6.07) is 0. The van der Waals surface area contributed by atoms with Gasteiger partial charge in [0.1, 0.15) is 6.61 Å². The van der Waals surface area contributed by atoms with Gasteiger partial charge in [-0.3, -0.25) is 0 Å². The highest BCUT2D eigenvalue weighted by Gasteiger charge is 1.94. The van der Waals surface area contributed by atoms with Crippen molar-refractivity contribution in [3.63, 3.8) is 0 Å². The third-order valence-corrected chi connectivity index (χ3v) is 1.36. The fourth-order valence-corrected chi connectivity index (χ4v) is 0.635. The normalized spacial score (nSPS) is 8.76. The predicted molar refractivity (Wildman–Crippen MR) is 66.8 cm³/mol. The van der Waals surface area contributed by atoms with E-state index in [1.165, 1.54) is 6.08 Å². The molecule has 0 aliphatic heterocycles. The third-order valence-electron chi connectivity index (χ3n) is 1.36. The van der Waals surface area contributed by atoms with Crippen molar-refractivity contribution in [1.82, 2.24) is 4.90 Å². The number of hydrogen-bond donors (Lipinski definition) is 1. The van der Waals surface area contributed by atoms with Crippen LogP contribution in [0.25, 0.3) is 0 Å². The second kappa shape index (κ2) is 10.9. The molecule has 1 N–H and O–H groups in total. The number of hydrogen-bond acceptors (Lipinski definition) is 4. The lowest BCUT2D eigenvalue weighted by Gasteiger charge is -2.07. The van der Waals surface area contributed by atoms with Gasteiger partial charge in [-0.2, -0.15) is 0 Å². The molecule has 0 saturated carbocycles. The quantitative estimate of drug-likeness (QED) is 0.582. The number of carboxylic acid groups (broad SMARTS) is 1. The molecule has 0 heterocycles. The van der Waals surface area contributed by atoms with E-state index in [2.05, 4.69) is 6.58 Å². The van der Waals surface area contributed by atoms with Crippen LogP contribution in [-0.4, -0.2) is 49.2 Å². The third kappa shape index (κ3) is 20.5. The van der Waals surface area contributed by atoms with Crippen LogP contribution >= 0.6 is 0 Å². The molecule has 0 saturated heterocycles. The molecule has 0 unspecified atom stereocenters. The highest BCUT2D eigenvalue weighted by atomic mass is 16.5. The zero-order chi connectivity index (χ0) is 13.8. The number of ether oxygens (including phenoxy) is 1. The molecule has 0 aromatic rings. The molecule has 0 aliphatic rings. The number of carbonyl (C=O) groups excluding carboxylic acids is 1. The van der Waals surface area contributed by atoms with Crippen LogP contribution in [0.3, 0.4) is 0 Å². The summed E-state index contributed by atoms with van der Waals surface area (Å²) in [4.78, 5) is 22.1. The Balaban J connectivity index is 0. The van der Waals surface area contributed by atoms with Crippen LogP contribution in [0.1, 0.15) is 13.8 Å². The van der Waals surface area contributed by atoms with Crippen LogP contribution in [0.15, 0.2) is 24.3 Å². The molecular weight excluding hydrogens is 222 g/mol. The molecule has 0 amide bonds. The van der Waals surface area contributed by atoms with E-state index in [1.54, 1.807) is 13.8 Å². The molecule has 0 atom stereocenters. The minimum Gasteiger partial charge on any atom is -0.478 e. The first-order valence-corrected chi connectivity index (χ1v) is 5.11. The lowest BCUT2D eigenvalue weighted by molar-refractivity contribution is -0.138. The van der Waals surface area contributed by atoms with E-state index >= 15 is 0 Å². The van der Waals surface area contributed by atoms with Gasteiger partial charge in [0.05, 0.1) is 0 Å². The standard InChI is InChI=1S/C7H13NO2.C5H8O2/c1-4-7(9)10-6-5-8(2)3;1-4(2)3-5(6)7/h4H,1,5-6H2,2-3H3;3H,1-2H3,(H,6,7). The Kier molecular flexibility index (Phi) is 11.4. The summed E-state index contributed by atoms with van der Waals surface area (Å²) >= 11 is 0. The van der Waals surface area contributed by atoms with Crippen LogP contribution in [0.5, 0.6) is 0 Å². The van der Waals surface area contributed by atoms with Gasteiger partial charge in [0.25, 0.3) is 0 Å². The van der Waals surface area contributed by atoms with Crippen LogP contribution < -0.4 is 0 Å². The Morgan fingerprint density at radius 1 is 1.35 bits per heavy atom. The van der Waals surface area contributed by atoms with Gasteiger partial charge in [-0.05, 0) is 27.9 Å². The summed E-state index contributed by atoms with van der Waals surface area (Å²) < 4.78 is 4.70. The van der Waals surface area contributed by atoms with E-state index in [-0.39, 0.29) is 5.97 Å². The summed E-state index contributed by atoms with van der Waals surface area (Å²) in [7, 11) is 3.84. The Morgan fingerprint density at radius 2 is 1.88 bits per heavy atom. The van der Waals surface area contributed by atoms with Gasteiger partial charge in [0, 0.05) is 18.7 Å². The SMILES string of the molecule is C=CC(=O)OCCN(C)C.CC(C)=CC(=O)O. The van der Waals surface area contributed by atoms with Crippen LogP contribution in [0.2, 0.25) is 0 Å². The van der Waals surface area contributed by atoms with Gasteiger partial charge in [-0.1, -0.05) is 12.2 Å². The molecule has 5 nitrogen and oxygen atoms in total. The molecule has 0 rings (SSSR count). The Bertz CT molecular complexity index is 278. The Morgan fingerprint density at radius 3 is 2.12 bits per heavy atom. The first-order valence-electron chi connectivity index (χ1n) is 5.11. The van der Waals surface area contributed by atoms with Gasteiger partial charge in [0.15, 0.2) is 0 Å². The fraction of sp³-hybridized carbons (Fsp3) is 0.500. The maximum atomic E-state index is 10.4. The number of carbonyl (C=O) groups is 2. The number of carboxylic acids is 1. The molecule has 0 aliphatic carbocycles. The van der Waals surface area contributed by atoms with E-state index in [0.29, 0.717) is 6.61 Å². The van der Waals surface area contributed by atoms with Gasteiger partial charge in [0.2, 0.25) is 0 Å². The minimum atomic E-state index is -0.875. The largest absolute Gasteiger partial charge is 0.478 e. The molecule has 0 fully saturated rings. The average molecular weight is 243 g/mol. The van der Waals surface area contributed by atoms with Crippen LogP contribution in [0, 0.1) is 0 Å². The smallest absolute Gasteiger partial charge is 0.330 e. The van der Waals surface area contributed by atoms with Gasteiger partial charge in [-0.25, -0.2) is 9.59 Å². The van der Waals surface area contributed by atoms with Crippen molar-refractivity contribution in [1.29, 1.82) is 0 Å². The number of rotatable bonds is 5. The molecule has 0 aromatic carbocycles. The number of nitrogens with zero attached hydrogens (tertiary/aromatic N) is 1. The highest BCUT2D eigenvalue weighted by molar-refractivity contribution is 5.81. The van der Waals surface area contributed by atoms with Crippen molar-refractivity contribution < 1.29 is 19.4 Å². The van der Waals surface area contributed by atoms with Gasteiger partial charge in [-0.15, -0.1) is 0 Å². The van der Waals surface area contributed by atoms with Gasteiger partial charge < -0.3 is 14.7 Å². The number of aliphatic carboxylic acids is 1. The van der Waals surface area contributed by atoms with Crippen molar-refractivity contribution in [2.45, 2.75) is 13.8 Å². The van der Waals surface area contributed by atoms with E-state index in [1.807, 2.05) is 19.0 Å². The molecule has 0 spiro atoms. The second-order valence-corrected chi connectivity index (χ2v) is 3.73. The molecular formula is C12H21NO4. The number of likely N-dealkylation sites (N-methyl/N-ethyl adjacent to an activating group) is 1. The lowest BCUT2D eigenvalue weighted by atomic mass is 10.3. The van der Waals surface area contributed by atoms with Crippen molar-refractivity contribution in [3.8, 4) is 0 Å². The lowest BCUT2D eigenvalue weighted by Crippen LogP contribution is -2.19. The van der Waals surface area contributed by atoms with E-state index in [9.17, 15) is 9.59 Å². The van der Waals surface area contributed by atoms with Gasteiger partial charge >= 0.3 is 11.9 Å². The second-order valence-electron chi connectivity index (χ2n) is 3.73. The Hall–Kier alpha value is -1.62. The predicted octanol–water partition coefficient (Wildman–Crippen LogP) is 1.31. The molecule has 0 radical (unpaired) electrons. The van der Waals surface area contributed by atoms with E-state index in [4.69, 9.17) is 9.84 Å². The summed E-state index contributed by atoms with van der Waals surface area (Å²) in [6.07, 6.45) is 2.33. The van der Waals surface area contributed by atoms with Crippen molar-refractivity contribution >= 4 is 11.9 Å². The van der Waals surface area contributed by atoms with Crippen LogP contribution in [-0.2, 0) is 14.3 Å². The van der Waals surface area contributed by atoms with E-state index in [0.717, 1.165) is 18.2 Å². The van der Waals surface area contributed by atoms with Crippen molar-refractivity contribution in [2.75, 3.05) is 27.2 Å². The Labute approximate surface area is 102 Å². The number of esters is 1. The molecule has 0 bridgehead atoms. The number of allylic oxidation sites excluding steroid dienone is 1. The fourth-order valence-electron chi connectivity index (χ4n) is 0.635. The first-order chi connectivity index (χ1) is 7.79. The summed E-state index contributed by atoms with van der Waals surface area (Å²) in [6.45, 7) is 7.94. The zero-order valence-corrected chi connectivity index (χ0v) is 10.9. The monoisotopic (exact) mass is 243 g/mol. The summed E-state index contributed by atoms with van der Waals surface area (Å²) in [5, 5.41) is 8.01. The van der Waals surface area contributed by atoms with Crippen molar-refractivity contribution in [3.05, 3.63) is 24.3 Å². The van der Waals surface area contributed by atoms with Crippen molar-refractivity contribution in [2.24, 2.45) is 0 Å². The summed E-state index contributed by atoms with van der Waals surface area (Å²) in [5.74, 6) is -1.23. The molecule has 17 heavy (non-hydrogen) atoms. The van der Waals surface area contributed by atoms with Crippen LogP contribution in [0.4, 0.5) is 0 Å².